The van der Waals surface area contributed by atoms with Gasteiger partial charge in [-0.25, -0.2) is 9.78 Å². The van der Waals surface area contributed by atoms with E-state index in [4.69, 9.17) is 18.7 Å². The first-order valence-corrected chi connectivity index (χ1v) is 18.1. The van der Waals surface area contributed by atoms with Gasteiger partial charge in [-0.15, -0.1) is 0 Å². The van der Waals surface area contributed by atoms with Crippen molar-refractivity contribution in [1.29, 1.82) is 0 Å². The summed E-state index contributed by atoms with van der Waals surface area (Å²) in [7, 11) is 0.194. The number of hydrogen-bond donors (Lipinski definition) is 1. The first-order chi connectivity index (χ1) is 19.5. The Morgan fingerprint density at radius 3 is 2.38 bits per heavy atom. The molecule has 1 atom stereocenters. The summed E-state index contributed by atoms with van der Waals surface area (Å²) in [6.07, 6.45) is 2.18. The molecule has 1 amide bonds. The quantitative estimate of drug-likeness (QED) is 0.268. The van der Waals surface area contributed by atoms with Crippen molar-refractivity contribution in [3.05, 3.63) is 35.5 Å². The van der Waals surface area contributed by atoms with Gasteiger partial charge >= 0.3 is 6.09 Å². The molecule has 1 N–H and O–H groups in total. The van der Waals surface area contributed by atoms with Crippen LogP contribution in [0.15, 0.2) is 22.7 Å². The average Bonchev–Trinajstić information content (AvgIpc) is 3.40. The Bertz CT molecular complexity index is 1370. The van der Waals surface area contributed by atoms with Crippen LogP contribution in [0.25, 0.3) is 22.2 Å². The fourth-order valence-corrected chi connectivity index (χ4v) is 6.48. The van der Waals surface area contributed by atoms with Crippen LogP contribution in [0.1, 0.15) is 90.2 Å². The number of likely N-dealkylation sites (tertiary alicyclic amines) is 1. The number of carbonyl (C=O) groups excluding carboxylic acids is 1. The van der Waals surface area contributed by atoms with Crippen molar-refractivity contribution in [2.75, 3.05) is 26.7 Å². The lowest BCUT2D eigenvalue weighted by molar-refractivity contribution is 0.0492. The maximum atomic E-state index is 13.2. The third-order valence-corrected chi connectivity index (χ3v) is 13.3. The number of ether oxygens (including phenoxy) is 1. The number of benzene rings is 1. The lowest BCUT2D eigenvalue weighted by Crippen LogP contribution is -2.42. The van der Waals surface area contributed by atoms with Crippen LogP contribution in [0.4, 0.5) is 4.79 Å². The monoisotopic (exact) mass is 597 g/mol. The molecule has 3 aromatic rings. The zero-order chi connectivity index (χ0) is 31.0. The van der Waals surface area contributed by atoms with E-state index in [1.54, 1.807) is 0 Å². The zero-order valence-corrected chi connectivity index (χ0v) is 28.6. The second-order valence-corrected chi connectivity index (χ2v) is 19.2. The lowest BCUT2D eigenvalue weighted by Gasteiger charge is -2.36. The Labute approximate surface area is 252 Å². The molecule has 0 saturated carbocycles. The Balaban J connectivity index is 1.78. The van der Waals surface area contributed by atoms with Gasteiger partial charge in [0.25, 0.3) is 0 Å². The highest BCUT2D eigenvalue weighted by Crippen LogP contribution is 2.38. The summed E-state index contributed by atoms with van der Waals surface area (Å²) in [5, 5.41) is 7.43. The minimum Gasteiger partial charge on any atom is -0.444 e. The number of amides is 1. The van der Waals surface area contributed by atoms with Crippen molar-refractivity contribution < 1.29 is 18.5 Å². The van der Waals surface area contributed by atoms with E-state index in [0.29, 0.717) is 13.0 Å². The fraction of sp³-hybridized carbons (Fsp3) is 0.656. The molecule has 0 spiro atoms. The van der Waals surface area contributed by atoms with Gasteiger partial charge in [0.2, 0.25) is 0 Å². The fourth-order valence-electron chi connectivity index (χ4n) is 5.41. The van der Waals surface area contributed by atoms with E-state index >= 15 is 0 Å². The first kappa shape index (κ1) is 32.2. The SMILES string of the molecule is Cc1noc(C)c1-c1ccc2c(c1)nc(C(CCO[Si](C)(C)C(C)(C)C)NC(=O)OC(C)(C)C)n2C1CCN(C)CC1. The molecule has 0 bridgehead atoms. The van der Waals surface area contributed by atoms with Gasteiger partial charge in [0, 0.05) is 18.2 Å². The highest BCUT2D eigenvalue weighted by Gasteiger charge is 2.37. The molecule has 3 heterocycles. The predicted octanol–water partition coefficient (Wildman–Crippen LogP) is 7.55. The van der Waals surface area contributed by atoms with Gasteiger partial charge in [0.1, 0.15) is 17.2 Å². The van der Waals surface area contributed by atoms with Crippen molar-refractivity contribution in [3.63, 3.8) is 0 Å². The number of piperidine rings is 1. The molecule has 42 heavy (non-hydrogen) atoms. The standard InChI is InChI=1S/C32H51N5O4Si/c1-21-28(22(2)41-35-21)23-12-13-27-26(20-23)33-29(37(27)24-14-17-36(9)18-15-24)25(34-30(38)40-31(3,4)5)16-19-39-42(10,11)32(6,7)8/h12-13,20,24-25H,14-19H2,1-11H3,(H,34,38). The van der Waals surface area contributed by atoms with E-state index in [1.807, 2.05) is 34.6 Å². The normalized spacial score (nSPS) is 16.6. The summed E-state index contributed by atoms with van der Waals surface area (Å²) in [5.74, 6) is 1.63. The van der Waals surface area contributed by atoms with Gasteiger partial charge in [-0.3, -0.25) is 0 Å². The number of hydrogen-bond acceptors (Lipinski definition) is 7. The number of imidazole rings is 1. The molecular formula is C32H51N5O4Si. The molecule has 1 fully saturated rings. The maximum absolute atomic E-state index is 13.2. The maximum Gasteiger partial charge on any atom is 0.408 e. The topological polar surface area (TPSA) is 94.6 Å². The van der Waals surface area contributed by atoms with Gasteiger partial charge in [0.05, 0.1) is 22.8 Å². The van der Waals surface area contributed by atoms with Gasteiger partial charge in [0.15, 0.2) is 8.32 Å². The smallest absolute Gasteiger partial charge is 0.408 e. The molecule has 0 radical (unpaired) electrons. The molecule has 10 heteroatoms. The Morgan fingerprint density at radius 2 is 1.81 bits per heavy atom. The number of alkyl carbamates (subject to hydrolysis) is 1. The number of aromatic nitrogens is 3. The summed E-state index contributed by atoms with van der Waals surface area (Å²) in [4.78, 5) is 20.8. The largest absolute Gasteiger partial charge is 0.444 e. The molecule has 2 aromatic heterocycles. The molecule has 4 rings (SSSR count). The van der Waals surface area contributed by atoms with Crippen LogP contribution >= 0.6 is 0 Å². The summed E-state index contributed by atoms with van der Waals surface area (Å²) in [6.45, 7) is 23.3. The minimum absolute atomic E-state index is 0.0942. The molecule has 1 aliphatic heterocycles. The second kappa shape index (κ2) is 12.1. The van der Waals surface area contributed by atoms with Crippen molar-refractivity contribution >= 4 is 25.4 Å². The summed E-state index contributed by atoms with van der Waals surface area (Å²) in [5.41, 5.74) is 4.23. The Kier molecular flexibility index (Phi) is 9.30. The molecule has 9 nitrogen and oxygen atoms in total. The number of nitrogens with one attached hydrogen (secondary N) is 1. The Hall–Kier alpha value is -2.69. The van der Waals surface area contributed by atoms with Crippen molar-refractivity contribution in [2.45, 2.75) is 110 Å². The average molecular weight is 598 g/mol. The van der Waals surface area contributed by atoms with Crippen molar-refractivity contribution in [3.8, 4) is 11.1 Å². The van der Waals surface area contributed by atoms with Gasteiger partial charge in [-0.05, 0) is 110 Å². The van der Waals surface area contributed by atoms with Crippen molar-refractivity contribution in [1.82, 2.24) is 24.9 Å². The van der Waals surface area contributed by atoms with Crippen LogP contribution in [0.3, 0.4) is 0 Å². The van der Waals surface area contributed by atoms with E-state index in [2.05, 4.69) is 79.1 Å². The number of aryl methyl sites for hydroxylation is 2. The van der Waals surface area contributed by atoms with Gasteiger partial charge in [-0.1, -0.05) is 32.0 Å². The Morgan fingerprint density at radius 1 is 1.14 bits per heavy atom. The van der Waals surface area contributed by atoms with Crippen LogP contribution in [0, 0.1) is 13.8 Å². The van der Waals surface area contributed by atoms with Crippen LogP contribution in [-0.4, -0.2) is 66.4 Å². The summed E-state index contributed by atoms with van der Waals surface area (Å²) < 4.78 is 20.1. The predicted molar refractivity (Wildman–Crippen MR) is 170 cm³/mol. The first-order valence-electron chi connectivity index (χ1n) is 15.2. The number of rotatable bonds is 8. The highest BCUT2D eigenvalue weighted by atomic mass is 28.4. The van der Waals surface area contributed by atoms with Crippen LogP contribution < -0.4 is 5.32 Å². The zero-order valence-electron chi connectivity index (χ0n) is 27.6. The van der Waals surface area contributed by atoms with E-state index in [1.165, 1.54) is 0 Å². The van der Waals surface area contributed by atoms with Gasteiger partial charge in [-0.2, -0.15) is 0 Å². The van der Waals surface area contributed by atoms with Crippen LogP contribution in [-0.2, 0) is 9.16 Å². The number of fused-ring (bicyclic) bond motifs is 1. The van der Waals surface area contributed by atoms with E-state index in [9.17, 15) is 4.79 Å². The third kappa shape index (κ3) is 7.26. The minimum atomic E-state index is -1.98. The molecular weight excluding hydrogens is 546 g/mol. The second-order valence-electron chi connectivity index (χ2n) is 14.4. The van der Waals surface area contributed by atoms with E-state index in [0.717, 1.165) is 65.4 Å². The van der Waals surface area contributed by atoms with E-state index in [-0.39, 0.29) is 17.1 Å². The molecule has 1 saturated heterocycles. The summed E-state index contributed by atoms with van der Waals surface area (Å²) >= 11 is 0. The number of carbonyl (C=O) groups is 1. The number of nitrogens with zero attached hydrogens (tertiary/aromatic N) is 4. The molecule has 1 aromatic carbocycles. The van der Waals surface area contributed by atoms with Crippen LogP contribution in [0.5, 0.6) is 0 Å². The third-order valence-electron chi connectivity index (χ3n) is 8.77. The molecule has 232 valence electrons. The summed E-state index contributed by atoms with van der Waals surface area (Å²) in [6, 6.07) is 6.30. The van der Waals surface area contributed by atoms with Crippen molar-refractivity contribution in [2.24, 2.45) is 0 Å². The molecule has 1 aliphatic rings. The molecule has 1 unspecified atom stereocenters. The van der Waals surface area contributed by atoms with Gasteiger partial charge < -0.3 is 28.5 Å². The van der Waals surface area contributed by atoms with Crippen LogP contribution in [0.2, 0.25) is 18.1 Å². The van der Waals surface area contributed by atoms with E-state index < -0.39 is 20.0 Å². The molecule has 0 aliphatic carbocycles. The lowest BCUT2D eigenvalue weighted by atomic mass is 10.0. The highest BCUT2D eigenvalue weighted by molar-refractivity contribution is 6.74.